The van der Waals surface area contributed by atoms with Crippen LogP contribution in [0, 0.1) is 0 Å². The molecule has 20 heavy (non-hydrogen) atoms. The molecule has 0 aliphatic carbocycles. The van der Waals surface area contributed by atoms with Crippen molar-refractivity contribution in [1.29, 1.82) is 0 Å². The maximum atomic E-state index is 12.1. The van der Waals surface area contributed by atoms with E-state index < -0.39 is 0 Å². The lowest BCUT2D eigenvalue weighted by Crippen LogP contribution is -2.32. The number of carbonyl (C=O) groups excluding carboxylic acids is 1. The number of aryl methyl sites for hydroxylation is 1. The van der Waals surface area contributed by atoms with Gasteiger partial charge in [0.15, 0.2) is 0 Å². The third-order valence-electron chi connectivity index (χ3n) is 3.13. The highest BCUT2D eigenvalue weighted by atomic mass is 32.2. The Labute approximate surface area is 123 Å². The first-order valence-corrected chi connectivity index (χ1v) is 7.89. The average Bonchev–Trinajstić information content (AvgIpc) is 2.98. The Bertz CT molecular complexity index is 534. The topological polar surface area (TPSA) is 42.2 Å². The SMILES string of the molecule is CSc1ccc(C(=O)NC(C)CCc2ccco2)cc1. The van der Waals surface area contributed by atoms with Crippen molar-refractivity contribution in [2.45, 2.75) is 30.7 Å². The van der Waals surface area contributed by atoms with Crippen molar-refractivity contribution in [1.82, 2.24) is 5.32 Å². The molecule has 1 heterocycles. The molecule has 0 aliphatic rings. The second kappa shape index (κ2) is 7.20. The molecular weight excluding hydrogens is 270 g/mol. The molecule has 0 aliphatic heterocycles. The first kappa shape index (κ1) is 14.7. The van der Waals surface area contributed by atoms with E-state index in [1.807, 2.05) is 49.6 Å². The zero-order valence-electron chi connectivity index (χ0n) is 11.8. The number of thioether (sulfide) groups is 1. The Morgan fingerprint density at radius 1 is 1.30 bits per heavy atom. The summed E-state index contributed by atoms with van der Waals surface area (Å²) in [7, 11) is 0. The Morgan fingerprint density at radius 3 is 2.65 bits per heavy atom. The molecule has 0 fully saturated rings. The summed E-state index contributed by atoms with van der Waals surface area (Å²) in [6.07, 6.45) is 5.39. The summed E-state index contributed by atoms with van der Waals surface area (Å²) in [5, 5.41) is 3.01. The van der Waals surface area contributed by atoms with Crippen LogP contribution in [0.5, 0.6) is 0 Å². The van der Waals surface area contributed by atoms with Crippen LogP contribution in [0.2, 0.25) is 0 Å². The van der Waals surface area contributed by atoms with Gasteiger partial charge >= 0.3 is 0 Å². The first-order valence-electron chi connectivity index (χ1n) is 6.66. The smallest absolute Gasteiger partial charge is 0.251 e. The van der Waals surface area contributed by atoms with E-state index in [0.29, 0.717) is 5.56 Å². The lowest BCUT2D eigenvalue weighted by atomic mass is 10.1. The lowest BCUT2D eigenvalue weighted by molar-refractivity contribution is 0.0938. The van der Waals surface area contributed by atoms with E-state index in [0.717, 1.165) is 23.5 Å². The van der Waals surface area contributed by atoms with Gasteiger partial charge in [0.1, 0.15) is 5.76 Å². The second-order valence-corrected chi connectivity index (χ2v) is 5.60. The van der Waals surface area contributed by atoms with Crippen LogP contribution in [0.25, 0.3) is 0 Å². The van der Waals surface area contributed by atoms with Gasteiger partial charge in [-0.15, -0.1) is 11.8 Å². The van der Waals surface area contributed by atoms with Crippen LogP contribution < -0.4 is 5.32 Å². The van der Waals surface area contributed by atoms with E-state index in [1.54, 1.807) is 18.0 Å². The number of benzene rings is 1. The summed E-state index contributed by atoms with van der Waals surface area (Å²) in [4.78, 5) is 13.2. The number of amides is 1. The summed E-state index contributed by atoms with van der Waals surface area (Å²) >= 11 is 1.67. The highest BCUT2D eigenvalue weighted by molar-refractivity contribution is 7.98. The summed E-state index contributed by atoms with van der Waals surface area (Å²) < 4.78 is 5.28. The van der Waals surface area contributed by atoms with Crippen LogP contribution in [0.15, 0.2) is 52.0 Å². The number of rotatable bonds is 6. The number of nitrogens with one attached hydrogen (secondary N) is 1. The van der Waals surface area contributed by atoms with Gasteiger partial charge in [-0.1, -0.05) is 0 Å². The Hall–Kier alpha value is -1.68. The van der Waals surface area contributed by atoms with Gasteiger partial charge < -0.3 is 9.73 Å². The fraction of sp³-hybridized carbons (Fsp3) is 0.312. The molecule has 1 amide bonds. The van der Waals surface area contributed by atoms with Crippen LogP contribution in [0.4, 0.5) is 0 Å². The Balaban J connectivity index is 1.83. The fourth-order valence-corrected chi connectivity index (χ4v) is 2.34. The third kappa shape index (κ3) is 4.17. The average molecular weight is 289 g/mol. The molecule has 1 atom stereocenters. The normalized spacial score (nSPS) is 12.1. The van der Waals surface area contributed by atoms with Crippen molar-refractivity contribution in [3.8, 4) is 0 Å². The zero-order chi connectivity index (χ0) is 14.4. The molecule has 2 aromatic rings. The lowest BCUT2D eigenvalue weighted by Gasteiger charge is -2.13. The van der Waals surface area contributed by atoms with E-state index in [-0.39, 0.29) is 11.9 Å². The van der Waals surface area contributed by atoms with Crippen LogP contribution in [-0.4, -0.2) is 18.2 Å². The maximum absolute atomic E-state index is 12.1. The van der Waals surface area contributed by atoms with Crippen molar-refractivity contribution < 1.29 is 9.21 Å². The molecule has 0 spiro atoms. The Kier molecular flexibility index (Phi) is 5.30. The first-order chi connectivity index (χ1) is 9.69. The molecular formula is C16H19NO2S. The number of furan rings is 1. The van der Waals surface area contributed by atoms with Gasteiger partial charge in [0.2, 0.25) is 0 Å². The van der Waals surface area contributed by atoms with E-state index >= 15 is 0 Å². The summed E-state index contributed by atoms with van der Waals surface area (Å²) in [5.74, 6) is 0.931. The molecule has 4 heteroatoms. The molecule has 1 aromatic heterocycles. The maximum Gasteiger partial charge on any atom is 0.251 e. The molecule has 0 saturated carbocycles. The highest BCUT2D eigenvalue weighted by Gasteiger charge is 2.10. The van der Waals surface area contributed by atoms with Gasteiger partial charge in [0, 0.05) is 22.9 Å². The molecule has 1 aromatic carbocycles. The Morgan fingerprint density at radius 2 is 2.05 bits per heavy atom. The monoisotopic (exact) mass is 289 g/mol. The molecule has 3 nitrogen and oxygen atoms in total. The van der Waals surface area contributed by atoms with Gasteiger partial charge in [-0.3, -0.25) is 4.79 Å². The standard InChI is InChI=1S/C16H19NO2S/c1-12(5-8-14-4-3-11-19-14)17-16(18)13-6-9-15(20-2)10-7-13/h3-4,6-7,9-12H,5,8H2,1-2H3,(H,17,18). The minimum atomic E-state index is -0.0235. The van der Waals surface area contributed by atoms with Gasteiger partial charge in [-0.25, -0.2) is 0 Å². The van der Waals surface area contributed by atoms with Crippen molar-refractivity contribution in [3.63, 3.8) is 0 Å². The molecule has 0 radical (unpaired) electrons. The molecule has 2 rings (SSSR count). The number of carbonyl (C=O) groups is 1. The summed E-state index contributed by atoms with van der Waals surface area (Å²) in [6.45, 7) is 2.01. The van der Waals surface area contributed by atoms with Crippen molar-refractivity contribution >= 4 is 17.7 Å². The van der Waals surface area contributed by atoms with E-state index in [1.165, 1.54) is 0 Å². The van der Waals surface area contributed by atoms with Gasteiger partial charge in [-0.2, -0.15) is 0 Å². The van der Waals surface area contributed by atoms with Crippen LogP contribution >= 0.6 is 11.8 Å². The number of hydrogen-bond acceptors (Lipinski definition) is 3. The van der Waals surface area contributed by atoms with E-state index in [2.05, 4.69) is 5.32 Å². The van der Waals surface area contributed by atoms with Crippen LogP contribution in [-0.2, 0) is 6.42 Å². The second-order valence-electron chi connectivity index (χ2n) is 4.72. The summed E-state index contributed by atoms with van der Waals surface area (Å²) in [6, 6.07) is 11.6. The quantitative estimate of drug-likeness (QED) is 0.823. The van der Waals surface area contributed by atoms with Gasteiger partial charge in [-0.05, 0) is 56.0 Å². The van der Waals surface area contributed by atoms with E-state index in [9.17, 15) is 4.79 Å². The van der Waals surface area contributed by atoms with Crippen molar-refractivity contribution in [3.05, 3.63) is 54.0 Å². The minimum Gasteiger partial charge on any atom is -0.469 e. The molecule has 0 saturated heterocycles. The van der Waals surface area contributed by atoms with E-state index in [4.69, 9.17) is 4.42 Å². The molecule has 1 unspecified atom stereocenters. The third-order valence-corrected chi connectivity index (χ3v) is 3.88. The fourth-order valence-electron chi connectivity index (χ4n) is 1.94. The highest BCUT2D eigenvalue weighted by Crippen LogP contribution is 2.15. The predicted octanol–water partition coefficient (Wildman–Crippen LogP) is 3.75. The van der Waals surface area contributed by atoms with Gasteiger partial charge in [0.25, 0.3) is 5.91 Å². The zero-order valence-corrected chi connectivity index (χ0v) is 12.6. The largest absolute Gasteiger partial charge is 0.469 e. The van der Waals surface area contributed by atoms with Crippen LogP contribution in [0.1, 0.15) is 29.5 Å². The van der Waals surface area contributed by atoms with Crippen molar-refractivity contribution in [2.75, 3.05) is 6.26 Å². The van der Waals surface area contributed by atoms with Crippen molar-refractivity contribution in [2.24, 2.45) is 0 Å². The summed E-state index contributed by atoms with van der Waals surface area (Å²) in [5.41, 5.74) is 0.702. The van der Waals surface area contributed by atoms with Gasteiger partial charge in [0.05, 0.1) is 6.26 Å². The molecule has 1 N–H and O–H groups in total. The minimum absolute atomic E-state index is 0.0235. The molecule has 106 valence electrons. The predicted molar refractivity (Wildman–Crippen MR) is 82.2 cm³/mol. The van der Waals surface area contributed by atoms with Crippen LogP contribution in [0.3, 0.4) is 0 Å². The number of hydrogen-bond donors (Lipinski definition) is 1. The molecule has 0 bridgehead atoms.